The van der Waals surface area contributed by atoms with Crippen molar-refractivity contribution in [3.63, 3.8) is 0 Å². The SMILES string of the molecule is O=C(NCc1ccncc1)[C@H]1CC(=O)N(c2ccc(S(=O)(=O)N3CCCC3)cc2)C1. The average molecular weight is 429 g/mol. The van der Waals surface area contributed by atoms with E-state index < -0.39 is 15.9 Å². The lowest BCUT2D eigenvalue weighted by molar-refractivity contribution is -0.126. The lowest BCUT2D eigenvalue weighted by Crippen LogP contribution is -2.32. The van der Waals surface area contributed by atoms with Gasteiger partial charge in [-0.3, -0.25) is 14.6 Å². The molecular formula is C21H24N4O4S. The first-order chi connectivity index (χ1) is 14.4. The van der Waals surface area contributed by atoms with Gasteiger partial charge >= 0.3 is 0 Å². The molecule has 158 valence electrons. The fourth-order valence-electron chi connectivity index (χ4n) is 3.84. The first kappa shape index (κ1) is 20.5. The second-order valence-electron chi connectivity index (χ2n) is 7.58. The molecule has 0 radical (unpaired) electrons. The van der Waals surface area contributed by atoms with Crippen LogP contribution in [0.25, 0.3) is 0 Å². The minimum atomic E-state index is -3.49. The first-order valence-corrected chi connectivity index (χ1v) is 11.5. The van der Waals surface area contributed by atoms with Crippen LogP contribution in [-0.2, 0) is 26.2 Å². The van der Waals surface area contributed by atoms with Gasteiger partial charge < -0.3 is 10.2 Å². The molecule has 0 bridgehead atoms. The van der Waals surface area contributed by atoms with E-state index in [0.717, 1.165) is 18.4 Å². The van der Waals surface area contributed by atoms with Crippen molar-refractivity contribution in [2.45, 2.75) is 30.7 Å². The number of sulfonamides is 1. The fourth-order valence-corrected chi connectivity index (χ4v) is 5.36. The maximum absolute atomic E-state index is 12.7. The van der Waals surface area contributed by atoms with Crippen molar-refractivity contribution in [1.29, 1.82) is 0 Å². The van der Waals surface area contributed by atoms with Crippen molar-refractivity contribution in [3.8, 4) is 0 Å². The highest BCUT2D eigenvalue weighted by atomic mass is 32.2. The Hall–Kier alpha value is -2.78. The predicted octanol–water partition coefficient (Wildman–Crippen LogP) is 1.54. The Kier molecular flexibility index (Phi) is 5.83. The number of hydrogen-bond acceptors (Lipinski definition) is 5. The molecule has 9 heteroatoms. The van der Waals surface area contributed by atoms with Gasteiger partial charge in [-0.05, 0) is 54.8 Å². The molecule has 1 aromatic heterocycles. The van der Waals surface area contributed by atoms with Gasteiger partial charge in [-0.25, -0.2) is 8.42 Å². The van der Waals surface area contributed by atoms with E-state index in [4.69, 9.17) is 0 Å². The van der Waals surface area contributed by atoms with Crippen LogP contribution in [0.1, 0.15) is 24.8 Å². The standard InChI is InChI=1S/C21H24N4O4S/c26-20-13-17(21(27)23-14-16-7-9-22-10-8-16)15-25(20)18-3-5-19(6-4-18)30(28,29)24-11-1-2-12-24/h3-10,17H,1-2,11-15H2,(H,23,27)/t17-/m0/s1. The van der Waals surface area contributed by atoms with Crippen LogP contribution in [0.15, 0.2) is 53.7 Å². The molecule has 0 spiro atoms. The van der Waals surface area contributed by atoms with Gasteiger partial charge in [0.25, 0.3) is 0 Å². The minimum absolute atomic E-state index is 0.135. The number of anilines is 1. The van der Waals surface area contributed by atoms with Crippen molar-refractivity contribution >= 4 is 27.5 Å². The molecular weight excluding hydrogens is 404 g/mol. The van der Waals surface area contributed by atoms with Crippen LogP contribution in [0, 0.1) is 5.92 Å². The van der Waals surface area contributed by atoms with Gasteiger partial charge in [0.1, 0.15) is 0 Å². The van der Waals surface area contributed by atoms with Crippen LogP contribution in [0.3, 0.4) is 0 Å². The zero-order valence-electron chi connectivity index (χ0n) is 16.5. The monoisotopic (exact) mass is 428 g/mol. The Balaban J connectivity index is 1.39. The highest BCUT2D eigenvalue weighted by molar-refractivity contribution is 7.89. The number of nitrogens with one attached hydrogen (secondary N) is 1. The molecule has 8 nitrogen and oxygen atoms in total. The Labute approximate surface area is 175 Å². The van der Waals surface area contributed by atoms with Crippen LogP contribution in [0.2, 0.25) is 0 Å². The molecule has 2 aliphatic rings. The van der Waals surface area contributed by atoms with E-state index in [1.54, 1.807) is 29.4 Å². The molecule has 0 saturated carbocycles. The van der Waals surface area contributed by atoms with E-state index in [-0.39, 0.29) is 29.7 Å². The maximum Gasteiger partial charge on any atom is 0.243 e. The molecule has 0 aliphatic carbocycles. The summed E-state index contributed by atoms with van der Waals surface area (Å²) in [6, 6.07) is 9.99. The molecule has 1 N–H and O–H groups in total. The highest BCUT2D eigenvalue weighted by Crippen LogP contribution is 2.28. The molecule has 4 rings (SSSR count). The number of amides is 2. The number of rotatable bonds is 6. The maximum atomic E-state index is 12.7. The van der Waals surface area contributed by atoms with Crippen LogP contribution in [-0.4, -0.2) is 49.2 Å². The zero-order chi connectivity index (χ0) is 21.1. The summed E-state index contributed by atoms with van der Waals surface area (Å²) in [5, 5.41) is 2.86. The second kappa shape index (κ2) is 8.53. The second-order valence-corrected chi connectivity index (χ2v) is 9.52. The van der Waals surface area contributed by atoms with E-state index in [2.05, 4.69) is 10.3 Å². The molecule has 2 aliphatic heterocycles. The third-order valence-corrected chi connectivity index (χ3v) is 7.48. The number of hydrogen-bond donors (Lipinski definition) is 1. The van der Waals surface area contributed by atoms with Crippen LogP contribution in [0.4, 0.5) is 5.69 Å². The Bertz CT molecular complexity index is 1020. The average Bonchev–Trinajstić information content (AvgIpc) is 3.43. The summed E-state index contributed by atoms with van der Waals surface area (Å²) in [5.41, 5.74) is 1.54. The number of pyridine rings is 1. The molecule has 2 amide bonds. The Morgan fingerprint density at radius 2 is 1.73 bits per heavy atom. The number of nitrogens with zero attached hydrogens (tertiary/aromatic N) is 3. The number of carbonyl (C=O) groups is 2. The van der Waals surface area contributed by atoms with E-state index in [0.29, 0.717) is 25.3 Å². The van der Waals surface area contributed by atoms with Gasteiger partial charge in [0.2, 0.25) is 21.8 Å². The molecule has 0 unspecified atom stereocenters. The summed E-state index contributed by atoms with van der Waals surface area (Å²) < 4.78 is 26.8. The summed E-state index contributed by atoms with van der Waals surface area (Å²) in [7, 11) is -3.49. The molecule has 2 saturated heterocycles. The summed E-state index contributed by atoms with van der Waals surface area (Å²) in [5.74, 6) is -0.752. The topological polar surface area (TPSA) is 99.7 Å². The van der Waals surface area contributed by atoms with Gasteiger partial charge in [0, 0.05) is 50.7 Å². The zero-order valence-corrected chi connectivity index (χ0v) is 17.3. The van der Waals surface area contributed by atoms with E-state index >= 15 is 0 Å². The highest BCUT2D eigenvalue weighted by Gasteiger charge is 2.35. The van der Waals surface area contributed by atoms with Gasteiger partial charge in [0.15, 0.2) is 0 Å². The van der Waals surface area contributed by atoms with Crippen molar-refractivity contribution in [2.24, 2.45) is 5.92 Å². The van der Waals surface area contributed by atoms with Crippen LogP contribution >= 0.6 is 0 Å². The normalized spacial score (nSPS) is 19.9. The van der Waals surface area contributed by atoms with Crippen molar-refractivity contribution < 1.29 is 18.0 Å². The summed E-state index contributed by atoms with van der Waals surface area (Å²) in [4.78, 5) is 30.7. The van der Waals surface area contributed by atoms with Crippen LogP contribution < -0.4 is 10.2 Å². The van der Waals surface area contributed by atoms with Crippen LogP contribution in [0.5, 0.6) is 0 Å². The lowest BCUT2D eigenvalue weighted by atomic mass is 10.1. The van der Waals surface area contributed by atoms with Gasteiger partial charge in [-0.2, -0.15) is 4.31 Å². The summed E-state index contributed by atoms with van der Waals surface area (Å²) in [6.07, 6.45) is 5.22. The molecule has 1 aromatic carbocycles. The quantitative estimate of drug-likeness (QED) is 0.752. The Morgan fingerprint density at radius 3 is 2.40 bits per heavy atom. The molecule has 2 aromatic rings. The van der Waals surface area contributed by atoms with Crippen molar-refractivity contribution in [2.75, 3.05) is 24.5 Å². The smallest absolute Gasteiger partial charge is 0.243 e. The minimum Gasteiger partial charge on any atom is -0.352 e. The fraction of sp³-hybridized carbons (Fsp3) is 0.381. The molecule has 1 atom stereocenters. The van der Waals surface area contributed by atoms with E-state index in [1.807, 2.05) is 12.1 Å². The van der Waals surface area contributed by atoms with Crippen molar-refractivity contribution in [3.05, 3.63) is 54.4 Å². The van der Waals surface area contributed by atoms with Gasteiger partial charge in [-0.1, -0.05) is 0 Å². The van der Waals surface area contributed by atoms with Crippen molar-refractivity contribution in [1.82, 2.24) is 14.6 Å². The molecule has 3 heterocycles. The number of carbonyl (C=O) groups excluding carboxylic acids is 2. The third kappa shape index (κ3) is 4.22. The largest absolute Gasteiger partial charge is 0.352 e. The Morgan fingerprint density at radius 1 is 1.07 bits per heavy atom. The van der Waals surface area contributed by atoms with E-state index in [1.165, 1.54) is 16.4 Å². The summed E-state index contributed by atoms with van der Waals surface area (Å²) in [6.45, 7) is 1.75. The van der Waals surface area contributed by atoms with E-state index in [9.17, 15) is 18.0 Å². The number of benzene rings is 1. The number of aromatic nitrogens is 1. The van der Waals surface area contributed by atoms with Gasteiger partial charge in [0.05, 0.1) is 10.8 Å². The summed E-state index contributed by atoms with van der Waals surface area (Å²) >= 11 is 0. The predicted molar refractivity (Wildman–Crippen MR) is 111 cm³/mol. The molecule has 30 heavy (non-hydrogen) atoms. The molecule has 2 fully saturated rings. The third-order valence-electron chi connectivity index (χ3n) is 5.56. The lowest BCUT2D eigenvalue weighted by Gasteiger charge is -2.19. The van der Waals surface area contributed by atoms with Gasteiger partial charge in [-0.15, -0.1) is 0 Å². The first-order valence-electron chi connectivity index (χ1n) is 10.0.